The minimum Gasteiger partial charge on any atom is -0.469 e. The third-order valence-electron chi connectivity index (χ3n) is 2.78. The Morgan fingerprint density at radius 3 is 2.62 bits per heavy atom. The van der Waals surface area contributed by atoms with Gasteiger partial charge in [0, 0.05) is 5.41 Å². The van der Waals surface area contributed by atoms with E-state index >= 15 is 0 Å². The van der Waals surface area contributed by atoms with Crippen molar-refractivity contribution in [1.29, 1.82) is 0 Å². The molecule has 0 bridgehead atoms. The van der Waals surface area contributed by atoms with E-state index in [-0.39, 0.29) is 17.8 Å². The molecule has 1 atom stereocenters. The van der Waals surface area contributed by atoms with Crippen molar-refractivity contribution in [2.75, 3.05) is 20.3 Å². The number of esters is 1. The van der Waals surface area contributed by atoms with Crippen LogP contribution in [0.5, 0.6) is 0 Å². The standard InChI is InChI=1S/C9H16O4/c1-3-9(5-13-6-9)7(10)4-8(11)12-2/h7,10H,3-6H2,1-2H3. The molecule has 0 aromatic rings. The fourth-order valence-corrected chi connectivity index (χ4v) is 1.45. The summed E-state index contributed by atoms with van der Waals surface area (Å²) in [6.07, 6.45) is 0.248. The highest BCUT2D eigenvalue weighted by molar-refractivity contribution is 5.69. The lowest BCUT2D eigenvalue weighted by Crippen LogP contribution is -2.51. The molecular weight excluding hydrogens is 172 g/mol. The molecule has 0 aliphatic carbocycles. The zero-order valence-electron chi connectivity index (χ0n) is 8.08. The fourth-order valence-electron chi connectivity index (χ4n) is 1.45. The zero-order valence-corrected chi connectivity index (χ0v) is 8.08. The second-order valence-corrected chi connectivity index (χ2v) is 3.50. The van der Waals surface area contributed by atoms with Crippen molar-refractivity contribution in [3.05, 3.63) is 0 Å². The van der Waals surface area contributed by atoms with Crippen LogP contribution in [0.2, 0.25) is 0 Å². The van der Waals surface area contributed by atoms with Crippen molar-refractivity contribution in [3.63, 3.8) is 0 Å². The van der Waals surface area contributed by atoms with Gasteiger partial charge in [0.05, 0.1) is 32.8 Å². The topological polar surface area (TPSA) is 55.8 Å². The maximum Gasteiger partial charge on any atom is 0.308 e. The van der Waals surface area contributed by atoms with Gasteiger partial charge in [-0.15, -0.1) is 0 Å². The first-order chi connectivity index (χ1) is 6.14. The van der Waals surface area contributed by atoms with Crippen LogP contribution in [0.25, 0.3) is 0 Å². The molecule has 4 heteroatoms. The number of hydrogen-bond acceptors (Lipinski definition) is 4. The van der Waals surface area contributed by atoms with Gasteiger partial charge in [-0.3, -0.25) is 4.79 Å². The molecule has 1 aliphatic rings. The number of aliphatic hydroxyl groups is 1. The largest absolute Gasteiger partial charge is 0.469 e. The smallest absolute Gasteiger partial charge is 0.308 e. The molecule has 1 saturated heterocycles. The summed E-state index contributed by atoms with van der Waals surface area (Å²) in [4.78, 5) is 10.9. The van der Waals surface area contributed by atoms with E-state index in [4.69, 9.17) is 4.74 Å². The van der Waals surface area contributed by atoms with Crippen LogP contribution in [0.3, 0.4) is 0 Å². The molecule has 1 aliphatic heterocycles. The summed E-state index contributed by atoms with van der Waals surface area (Å²) in [5.41, 5.74) is -0.214. The van der Waals surface area contributed by atoms with Crippen molar-refractivity contribution in [3.8, 4) is 0 Å². The van der Waals surface area contributed by atoms with Crippen LogP contribution in [0.15, 0.2) is 0 Å². The molecule has 0 spiro atoms. The molecule has 0 aromatic heterocycles. The van der Waals surface area contributed by atoms with E-state index in [1.807, 2.05) is 6.92 Å². The van der Waals surface area contributed by atoms with Gasteiger partial charge in [-0.2, -0.15) is 0 Å². The molecule has 1 heterocycles. The Kier molecular flexibility index (Phi) is 3.27. The highest BCUT2D eigenvalue weighted by Gasteiger charge is 2.44. The van der Waals surface area contributed by atoms with Crippen molar-refractivity contribution in [1.82, 2.24) is 0 Å². The van der Waals surface area contributed by atoms with Gasteiger partial charge in [0.2, 0.25) is 0 Å². The fraction of sp³-hybridized carbons (Fsp3) is 0.889. The summed E-state index contributed by atoms with van der Waals surface area (Å²) >= 11 is 0. The van der Waals surface area contributed by atoms with Crippen LogP contribution < -0.4 is 0 Å². The van der Waals surface area contributed by atoms with Gasteiger partial charge >= 0.3 is 5.97 Å². The predicted molar refractivity (Wildman–Crippen MR) is 46.2 cm³/mol. The Morgan fingerprint density at radius 2 is 2.31 bits per heavy atom. The molecule has 4 nitrogen and oxygen atoms in total. The third-order valence-corrected chi connectivity index (χ3v) is 2.78. The molecule has 0 radical (unpaired) electrons. The molecule has 1 rings (SSSR count). The average Bonchev–Trinajstić information content (AvgIpc) is 2.03. The second kappa shape index (κ2) is 4.07. The number of hydrogen-bond donors (Lipinski definition) is 1. The van der Waals surface area contributed by atoms with E-state index in [1.165, 1.54) is 7.11 Å². The lowest BCUT2D eigenvalue weighted by atomic mass is 9.76. The van der Waals surface area contributed by atoms with Crippen molar-refractivity contribution in [2.45, 2.75) is 25.9 Å². The first-order valence-corrected chi connectivity index (χ1v) is 4.47. The normalized spacial score (nSPS) is 21.8. The number of methoxy groups -OCH3 is 1. The van der Waals surface area contributed by atoms with Gasteiger partial charge in [0.15, 0.2) is 0 Å². The molecule has 76 valence electrons. The summed E-state index contributed by atoms with van der Waals surface area (Å²) < 4.78 is 9.54. The number of aliphatic hydroxyl groups excluding tert-OH is 1. The highest BCUT2D eigenvalue weighted by Crippen LogP contribution is 2.36. The van der Waals surface area contributed by atoms with Crippen LogP contribution in [-0.2, 0) is 14.3 Å². The number of carbonyl (C=O) groups excluding carboxylic acids is 1. The van der Waals surface area contributed by atoms with Crippen LogP contribution >= 0.6 is 0 Å². The van der Waals surface area contributed by atoms with Crippen molar-refractivity contribution in [2.24, 2.45) is 5.41 Å². The first kappa shape index (κ1) is 10.5. The summed E-state index contributed by atoms with van der Waals surface area (Å²) in [7, 11) is 1.32. The van der Waals surface area contributed by atoms with Crippen LogP contribution in [0, 0.1) is 5.41 Å². The number of ether oxygens (including phenoxy) is 2. The molecule has 0 amide bonds. The molecule has 1 N–H and O–H groups in total. The van der Waals surface area contributed by atoms with E-state index in [1.54, 1.807) is 0 Å². The zero-order chi connectivity index (χ0) is 9.90. The van der Waals surface area contributed by atoms with Crippen molar-refractivity contribution >= 4 is 5.97 Å². The van der Waals surface area contributed by atoms with Gasteiger partial charge in [-0.05, 0) is 6.42 Å². The Hall–Kier alpha value is -0.610. The SMILES string of the molecule is CCC1(C(O)CC(=O)OC)COC1. The Bertz CT molecular complexity index is 181. The molecule has 1 unspecified atom stereocenters. The monoisotopic (exact) mass is 188 g/mol. The maximum atomic E-state index is 10.9. The summed E-state index contributed by atoms with van der Waals surface area (Å²) in [5, 5.41) is 9.74. The summed E-state index contributed by atoms with van der Waals surface area (Å²) in [5.74, 6) is -0.368. The van der Waals surface area contributed by atoms with Gasteiger partial charge in [-0.1, -0.05) is 6.92 Å². The van der Waals surface area contributed by atoms with Crippen molar-refractivity contribution < 1.29 is 19.4 Å². The summed E-state index contributed by atoms with van der Waals surface area (Å²) in [6.45, 7) is 3.08. The number of rotatable bonds is 4. The molecule has 0 aromatic carbocycles. The molecule has 0 saturated carbocycles. The van der Waals surface area contributed by atoms with Crippen LogP contribution in [-0.4, -0.2) is 37.5 Å². The van der Waals surface area contributed by atoms with E-state index in [0.29, 0.717) is 13.2 Å². The Labute approximate surface area is 77.8 Å². The molecule has 1 fully saturated rings. The van der Waals surface area contributed by atoms with E-state index in [9.17, 15) is 9.90 Å². The van der Waals surface area contributed by atoms with E-state index in [0.717, 1.165) is 6.42 Å². The predicted octanol–water partition coefficient (Wildman–Crippen LogP) is 0.337. The van der Waals surface area contributed by atoms with Gasteiger partial charge in [0.25, 0.3) is 0 Å². The van der Waals surface area contributed by atoms with Crippen LogP contribution in [0.1, 0.15) is 19.8 Å². The summed E-state index contributed by atoms with van der Waals surface area (Å²) in [6, 6.07) is 0. The number of carbonyl (C=O) groups is 1. The van der Waals surface area contributed by atoms with E-state index < -0.39 is 6.10 Å². The minimum atomic E-state index is -0.640. The van der Waals surface area contributed by atoms with Gasteiger partial charge in [-0.25, -0.2) is 0 Å². The highest BCUT2D eigenvalue weighted by atomic mass is 16.5. The minimum absolute atomic E-state index is 0.0632. The quantitative estimate of drug-likeness (QED) is 0.646. The first-order valence-electron chi connectivity index (χ1n) is 4.47. The lowest BCUT2D eigenvalue weighted by Gasteiger charge is -2.44. The lowest BCUT2D eigenvalue weighted by molar-refractivity contribution is -0.181. The maximum absolute atomic E-state index is 10.9. The molecule has 13 heavy (non-hydrogen) atoms. The Morgan fingerprint density at radius 1 is 1.69 bits per heavy atom. The van der Waals surface area contributed by atoms with Gasteiger partial charge < -0.3 is 14.6 Å². The third kappa shape index (κ3) is 2.00. The van der Waals surface area contributed by atoms with E-state index in [2.05, 4.69) is 4.74 Å². The molecular formula is C9H16O4. The van der Waals surface area contributed by atoms with Crippen LogP contribution in [0.4, 0.5) is 0 Å². The average molecular weight is 188 g/mol. The Balaban J connectivity index is 2.45. The second-order valence-electron chi connectivity index (χ2n) is 3.50. The van der Waals surface area contributed by atoms with Gasteiger partial charge in [0.1, 0.15) is 0 Å².